The molecule has 0 aromatic carbocycles. The van der Waals surface area contributed by atoms with Gasteiger partial charge in [0, 0.05) is 19.0 Å². The van der Waals surface area contributed by atoms with Crippen molar-refractivity contribution in [3.8, 4) is 0 Å². The number of carbonyl (C=O) groups is 2. The van der Waals surface area contributed by atoms with Gasteiger partial charge in [0.1, 0.15) is 5.60 Å². The molecule has 6 heteroatoms. The highest BCUT2D eigenvalue weighted by Crippen LogP contribution is 2.18. The second-order valence-electron chi connectivity index (χ2n) is 6.37. The van der Waals surface area contributed by atoms with Crippen LogP contribution in [0.4, 0.5) is 4.79 Å². The lowest BCUT2D eigenvalue weighted by Crippen LogP contribution is -2.46. The summed E-state index contributed by atoms with van der Waals surface area (Å²) in [4.78, 5) is 24.2. The van der Waals surface area contributed by atoms with E-state index in [9.17, 15) is 9.59 Å². The number of ketones is 1. The summed E-state index contributed by atoms with van der Waals surface area (Å²) in [6, 6.07) is -0.480. The Bertz CT molecular complexity index is 352. The first-order valence-corrected chi connectivity index (χ1v) is 7.26. The molecule has 1 saturated heterocycles. The van der Waals surface area contributed by atoms with E-state index in [4.69, 9.17) is 10.6 Å². The van der Waals surface area contributed by atoms with Gasteiger partial charge < -0.3 is 10.1 Å². The number of carbonyl (C=O) groups excluding carboxylic acids is 2. The summed E-state index contributed by atoms with van der Waals surface area (Å²) in [6.45, 7) is 8.67. The number of ether oxygens (including phenoxy) is 1. The lowest BCUT2D eigenvalue weighted by molar-refractivity contribution is -0.124. The van der Waals surface area contributed by atoms with Gasteiger partial charge in [-0.2, -0.15) is 0 Å². The maximum absolute atomic E-state index is 12.4. The molecular formula is C14H27N3O3. The van der Waals surface area contributed by atoms with Gasteiger partial charge in [0.15, 0.2) is 5.78 Å². The zero-order valence-corrected chi connectivity index (χ0v) is 12.9. The Morgan fingerprint density at radius 3 is 2.55 bits per heavy atom. The maximum Gasteiger partial charge on any atom is 0.408 e. The number of Topliss-reactive ketones (excluding diaryl/α,β-unsaturated/α-hetero) is 1. The van der Waals surface area contributed by atoms with Crippen molar-refractivity contribution in [2.24, 2.45) is 11.8 Å². The van der Waals surface area contributed by atoms with Crippen LogP contribution < -0.4 is 11.2 Å². The monoisotopic (exact) mass is 285 g/mol. The minimum atomic E-state index is -0.564. The van der Waals surface area contributed by atoms with E-state index < -0.39 is 17.7 Å². The zero-order chi connectivity index (χ0) is 15.3. The Morgan fingerprint density at radius 1 is 1.45 bits per heavy atom. The summed E-state index contributed by atoms with van der Waals surface area (Å²) in [5.41, 5.74) is -0.564. The van der Waals surface area contributed by atoms with Crippen molar-refractivity contribution in [3.63, 3.8) is 0 Å². The molecule has 3 N–H and O–H groups in total. The molecule has 0 aliphatic carbocycles. The first kappa shape index (κ1) is 16.9. The third-order valence-electron chi connectivity index (χ3n) is 3.23. The predicted octanol–water partition coefficient (Wildman–Crippen LogP) is 1.44. The summed E-state index contributed by atoms with van der Waals surface area (Å²) < 4.78 is 5.21. The fraction of sp³-hybridized carbons (Fsp3) is 0.857. The van der Waals surface area contributed by atoms with E-state index in [0.717, 1.165) is 19.4 Å². The SMILES string of the molecule is CCC[C@H](NC(=O)OC(C)(C)C)C(=O)C1CCN(N)C1. The highest BCUT2D eigenvalue weighted by atomic mass is 16.6. The lowest BCUT2D eigenvalue weighted by Gasteiger charge is -2.24. The second-order valence-corrected chi connectivity index (χ2v) is 6.37. The number of hydrogen-bond acceptors (Lipinski definition) is 5. The first-order valence-electron chi connectivity index (χ1n) is 7.26. The minimum Gasteiger partial charge on any atom is -0.444 e. The molecule has 116 valence electrons. The lowest BCUT2D eigenvalue weighted by atomic mass is 9.94. The molecule has 0 aromatic rings. The molecule has 1 fully saturated rings. The van der Waals surface area contributed by atoms with Crippen LogP contribution in [0.2, 0.25) is 0 Å². The molecule has 1 unspecified atom stereocenters. The average molecular weight is 285 g/mol. The third-order valence-corrected chi connectivity index (χ3v) is 3.23. The van der Waals surface area contributed by atoms with Gasteiger partial charge in [0.25, 0.3) is 0 Å². The number of rotatable bonds is 5. The van der Waals surface area contributed by atoms with Crippen LogP contribution in [-0.4, -0.2) is 41.6 Å². The molecule has 1 amide bonds. The molecule has 0 bridgehead atoms. The second kappa shape index (κ2) is 7.04. The summed E-state index contributed by atoms with van der Waals surface area (Å²) >= 11 is 0. The minimum absolute atomic E-state index is 0.0608. The van der Waals surface area contributed by atoms with Gasteiger partial charge in [-0.25, -0.2) is 9.80 Å². The molecule has 1 aliphatic rings. The van der Waals surface area contributed by atoms with E-state index in [-0.39, 0.29) is 11.7 Å². The first-order chi connectivity index (χ1) is 9.23. The van der Waals surface area contributed by atoms with Crippen molar-refractivity contribution < 1.29 is 14.3 Å². The number of nitrogens with two attached hydrogens (primary N) is 1. The highest BCUT2D eigenvalue weighted by molar-refractivity contribution is 5.89. The van der Waals surface area contributed by atoms with Crippen molar-refractivity contribution in [3.05, 3.63) is 0 Å². The van der Waals surface area contributed by atoms with Gasteiger partial charge in [-0.15, -0.1) is 0 Å². The van der Waals surface area contributed by atoms with E-state index in [2.05, 4.69) is 5.32 Å². The van der Waals surface area contributed by atoms with Gasteiger partial charge in [0.05, 0.1) is 6.04 Å². The van der Waals surface area contributed by atoms with E-state index in [1.54, 1.807) is 25.8 Å². The molecule has 0 saturated carbocycles. The van der Waals surface area contributed by atoms with Crippen LogP contribution in [0.25, 0.3) is 0 Å². The van der Waals surface area contributed by atoms with Crippen LogP contribution in [0.5, 0.6) is 0 Å². The van der Waals surface area contributed by atoms with Gasteiger partial charge in [-0.3, -0.25) is 10.6 Å². The molecule has 0 radical (unpaired) electrons. The normalized spacial score (nSPS) is 21.6. The van der Waals surface area contributed by atoms with Crippen LogP contribution in [0.3, 0.4) is 0 Å². The summed E-state index contributed by atoms with van der Waals surface area (Å²) in [5.74, 6) is 5.66. The van der Waals surface area contributed by atoms with Gasteiger partial charge >= 0.3 is 6.09 Å². The summed E-state index contributed by atoms with van der Waals surface area (Å²) in [6.07, 6.45) is 1.67. The molecule has 2 atom stereocenters. The van der Waals surface area contributed by atoms with Crippen molar-refractivity contribution in [1.29, 1.82) is 0 Å². The van der Waals surface area contributed by atoms with Crippen LogP contribution in [-0.2, 0) is 9.53 Å². The smallest absolute Gasteiger partial charge is 0.408 e. The maximum atomic E-state index is 12.4. The van der Waals surface area contributed by atoms with Crippen LogP contribution in [0.15, 0.2) is 0 Å². The Balaban J connectivity index is 2.59. The van der Waals surface area contributed by atoms with E-state index in [1.165, 1.54) is 0 Å². The number of nitrogens with zero attached hydrogens (tertiary/aromatic N) is 1. The number of nitrogens with one attached hydrogen (secondary N) is 1. The predicted molar refractivity (Wildman–Crippen MR) is 76.9 cm³/mol. The number of hydrazine groups is 1. The van der Waals surface area contributed by atoms with Crippen molar-refractivity contribution in [2.45, 2.75) is 58.6 Å². The number of amides is 1. The Hall–Kier alpha value is -1.14. The van der Waals surface area contributed by atoms with E-state index in [1.807, 2.05) is 6.92 Å². The fourth-order valence-electron chi connectivity index (χ4n) is 2.33. The average Bonchev–Trinajstić information content (AvgIpc) is 2.72. The van der Waals surface area contributed by atoms with E-state index in [0.29, 0.717) is 13.0 Å². The molecular weight excluding hydrogens is 258 g/mol. The summed E-state index contributed by atoms with van der Waals surface area (Å²) in [5, 5.41) is 4.35. The molecule has 0 spiro atoms. The van der Waals surface area contributed by atoms with E-state index >= 15 is 0 Å². The number of alkyl carbamates (subject to hydrolysis) is 1. The highest BCUT2D eigenvalue weighted by Gasteiger charge is 2.32. The van der Waals surface area contributed by atoms with Gasteiger partial charge in [-0.1, -0.05) is 13.3 Å². The Morgan fingerprint density at radius 2 is 2.10 bits per heavy atom. The van der Waals surface area contributed by atoms with Crippen LogP contribution in [0.1, 0.15) is 47.0 Å². The fourth-order valence-corrected chi connectivity index (χ4v) is 2.33. The molecule has 0 aromatic heterocycles. The van der Waals surface area contributed by atoms with Crippen molar-refractivity contribution in [2.75, 3.05) is 13.1 Å². The van der Waals surface area contributed by atoms with Crippen LogP contribution >= 0.6 is 0 Å². The topological polar surface area (TPSA) is 84.7 Å². The molecule has 1 aliphatic heterocycles. The summed E-state index contributed by atoms with van der Waals surface area (Å²) in [7, 11) is 0. The Labute approximate surface area is 121 Å². The van der Waals surface area contributed by atoms with Crippen LogP contribution in [0, 0.1) is 5.92 Å². The van der Waals surface area contributed by atoms with Gasteiger partial charge in [0.2, 0.25) is 0 Å². The largest absolute Gasteiger partial charge is 0.444 e. The number of hydrogen-bond donors (Lipinski definition) is 2. The standard InChI is InChI=1S/C14H27N3O3/c1-5-6-11(16-13(19)20-14(2,3)4)12(18)10-7-8-17(15)9-10/h10-11H,5-9,15H2,1-4H3,(H,16,19)/t10?,11-/m0/s1. The molecule has 20 heavy (non-hydrogen) atoms. The third kappa shape index (κ3) is 5.46. The molecule has 1 heterocycles. The van der Waals surface area contributed by atoms with Gasteiger partial charge in [-0.05, 0) is 33.6 Å². The zero-order valence-electron chi connectivity index (χ0n) is 12.9. The molecule has 1 rings (SSSR count). The van der Waals surface area contributed by atoms with Crippen molar-refractivity contribution in [1.82, 2.24) is 10.3 Å². The molecule has 6 nitrogen and oxygen atoms in total. The van der Waals surface area contributed by atoms with Crippen molar-refractivity contribution >= 4 is 11.9 Å². The Kier molecular flexibility index (Phi) is 5.95. The quantitative estimate of drug-likeness (QED) is 0.747.